The number of hydrogen-bond donors (Lipinski definition) is 2. The third kappa shape index (κ3) is 2.28. The van der Waals surface area contributed by atoms with Gasteiger partial charge in [0.05, 0.1) is 6.20 Å². The van der Waals surface area contributed by atoms with Crippen LogP contribution in [0.4, 0.5) is 5.82 Å². The Morgan fingerprint density at radius 2 is 2.00 bits per heavy atom. The Balaban J connectivity index is 2.56. The molecule has 0 saturated heterocycles. The largest absolute Gasteiger partial charge is 0.308 e. The van der Waals surface area contributed by atoms with E-state index in [1.165, 1.54) is 0 Å². The normalized spacial score (nSPS) is 10.7. The van der Waals surface area contributed by atoms with Gasteiger partial charge in [0.1, 0.15) is 11.5 Å². The summed E-state index contributed by atoms with van der Waals surface area (Å²) in [4.78, 5) is 17.1. The van der Waals surface area contributed by atoms with Crippen LogP contribution in [0.15, 0.2) is 18.6 Å². The molecule has 2 aromatic heterocycles. The smallest absolute Gasteiger partial charge is 0.182 e. The van der Waals surface area contributed by atoms with Crippen LogP contribution in [0, 0.1) is 6.92 Å². The van der Waals surface area contributed by atoms with Crippen LogP contribution in [0.5, 0.6) is 0 Å². The summed E-state index contributed by atoms with van der Waals surface area (Å²) in [6, 6.07) is 0. The standard InChI is InChI=1S/C12H16N6/c1-7(2)10-8(3)16-11(17-12(10)18-13)9-6-14-4-5-15-9/h4-7H,13H2,1-3H3,(H,16,17,18). The highest BCUT2D eigenvalue weighted by Gasteiger charge is 2.15. The molecule has 0 bridgehead atoms. The first-order chi connectivity index (χ1) is 8.63. The van der Waals surface area contributed by atoms with Gasteiger partial charge < -0.3 is 5.43 Å². The number of aromatic nitrogens is 4. The van der Waals surface area contributed by atoms with Crippen molar-refractivity contribution in [1.82, 2.24) is 19.9 Å². The molecule has 0 unspecified atom stereocenters. The zero-order chi connectivity index (χ0) is 13.1. The zero-order valence-corrected chi connectivity index (χ0v) is 10.7. The molecule has 0 radical (unpaired) electrons. The number of aryl methyl sites for hydroxylation is 1. The molecule has 0 fully saturated rings. The highest BCUT2D eigenvalue weighted by Crippen LogP contribution is 2.26. The second-order valence-corrected chi connectivity index (χ2v) is 4.28. The van der Waals surface area contributed by atoms with Crippen molar-refractivity contribution in [3.05, 3.63) is 29.8 Å². The molecule has 0 aromatic carbocycles. The van der Waals surface area contributed by atoms with E-state index in [0.717, 1.165) is 11.3 Å². The molecule has 2 heterocycles. The lowest BCUT2D eigenvalue weighted by Crippen LogP contribution is -2.14. The summed E-state index contributed by atoms with van der Waals surface area (Å²) in [6.45, 7) is 6.10. The average Bonchev–Trinajstić information content (AvgIpc) is 2.38. The Morgan fingerprint density at radius 1 is 1.22 bits per heavy atom. The Bertz CT molecular complexity index is 538. The van der Waals surface area contributed by atoms with Gasteiger partial charge in [0.2, 0.25) is 0 Å². The predicted molar refractivity (Wildman–Crippen MR) is 69.7 cm³/mol. The molecule has 6 nitrogen and oxygen atoms in total. The maximum Gasteiger partial charge on any atom is 0.182 e. The first-order valence-corrected chi connectivity index (χ1v) is 5.75. The minimum absolute atomic E-state index is 0.298. The minimum atomic E-state index is 0.298. The summed E-state index contributed by atoms with van der Waals surface area (Å²) < 4.78 is 0. The highest BCUT2D eigenvalue weighted by molar-refractivity contribution is 5.56. The molecular weight excluding hydrogens is 228 g/mol. The number of nitrogens with zero attached hydrogens (tertiary/aromatic N) is 4. The molecule has 0 aliphatic rings. The van der Waals surface area contributed by atoms with Crippen molar-refractivity contribution in [2.75, 3.05) is 5.43 Å². The van der Waals surface area contributed by atoms with Gasteiger partial charge in [0.25, 0.3) is 0 Å². The van der Waals surface area contributed by atoms with Crippen LogP contribution < -0.4 is 11.3 Å². The molecule has 0 aliphatic carbocycles. The molecule has 0 aliphatic heterocycles. The van der Waals surface area contributed by atoms with Gasteiger partial charge in [-0.05, 0) is 12.8 Å². The topological polar surface area (TPSA) is 89.6 Å². The fraction of sp³-hybridized carbons (Fsp3) is 0.333. The summed E-state index contributed by atoms with van der Waals surface area (Å²) >= 11 is 0. The van der Waals surface area contributed by atoms with Crippen molar-refractivity contribution < 1.29 is 0 Å². The fourth-order valence-electron chi connectivity index (χ4n) is 1.91. The monoisotopic (exact) mass is 244 g/mol. The van der Waals surface area contributed by atoms with Gasteiger partial charge in [-0.1, -0.05) is 13.8 Å². The average molecular weight is 244 g/mol. The second kappa shape index (κ2) is 5.05. The van der Waals surface area contributed by atoms with Crippen LogP contribution in [-0.4, -0.2) is 19.9 Å². The van der Waals surface area contributed by atoms with Crippen molar-refractivity contribution in [3.8, 4) is 11.5 Å². The summed E-state index contributed by atoms with van der Waals surface area (Å²) in [6.07, 6.45) is 4.85. The fourth-order valence-corrected chi connectivity index (χ4v) is 1.91. The number of nitrogens with one attached hydrogen (secondary N) is 1. The number of nitrogen functional groups attached to an aromatic ring is 1. The van der Waals surface area contributed by atoms with E-state index in [9.17, 15) is 0 Å². The molecule has 0 saturated carbocycles. The first kappa shape index (κ1) is 12.4. The Kier molecular flexibility index (Phi) is 3.47. The van der Waals surface area contributed by atoms with Gasteiger partial charge in [0.15, 0.2) is 5.82 Å². The summed E-state index contributed by atoms with van der Waals surface area (Å²) in [5.41, 5.74) is 5.18. The minimum Gasteiger partial charge on any atom is -0.308 e. The molecule has 0 atom stereocenters. The SMILES string of the molecule is Cc1nc(-c2cnccn2)nc(NN)c1C(C)C. The lowest BCUT2D eigenvalue weighted by molar-refractivity contribution is 0.831. The van der Waals surface area contributed by atoms with Gasteiger partial charge >= 0.3 is 0 Å². The highest BCUT2D eigenvalue weighted by atomic mass is 15.3. The van der Waals surface area contributed by atoms with Crippen molar-refractivity contribution in [3.63, 3.8) is 0 Å². The Hall–Kier alpha value is -2.08. The lowest BCUT2D eigenvalue weighted by atomic mass is 10.0. The van der Waals surface area contributed by atoms with E-state index in [4.69, 9.17) is 5.84 Å². The lowest BCUT2D eigenvalue weighted by Gasteiger charge is -2.14. The van der Waals surface area contributed by atoms with Crippen LogP contribution >= 0.6 is 0 Å². The molecule has 6 heteroatoms. The molecule has 2 aromatic rings. The Morgan fingerprint density at radius 3 is 2.56 bits per heavy atom. The predicted octanol–water partition coefficient (Wildman–Crippen LogP) is 1.65. The van der Waals surface area contributed by atoms with Gasteiger partial charge in [0, 0.05) is 23.7 Å². The number of anilines is 1. The summed E-state index contributed by atoms with van der Waals surface area (Å²) in [5, 5.41) is 0. The summed E-state index contributed by atoms with van der Waals surface area (Å²) in [5.74, 6) is 6.99. The van der Waals surface area contributed by atoms with Crippen molar-refractivity contribution >= 4 is 5.82 Å². The van der Waals surface area contributed by atoms with E-state index in [1.54, 1.807) is 18.6 Å². The van der Waals surface area contributed by atoms with Crippen LogP contribution in [0.2, 0.25) is 0 Å². The number of nitrogens with two attached hydrogens (primary N) is 1. The van der Waals surface area contributed by atoms with E-state index in [-0.39, 0.29) is 0 Å². The molecule has 0 amide bonds. The van der Waals surface area contributed by atoms with Gasteiger partial charge in [-0.2, -0.15) is 0 Å². The van der Waals surface area contributed by atoms with Crippen LogP contribution in [0.3, 0.4) is 0 Å². The third-order valence-electron chi connectivity index (χ3n) is 2.64. The van der Waals surface area contributed by atoms with Gasteiger partial charge in [-0.3, -0.25) is 4.98 Å². The quantitative estimate of drug-likeness (QED) is 0.630. The van der Waals surface area contributed by atoms with Crippen molar-refractivity contribution in [2.45, 2.75) is 26.7 Å². The summed E-state index contributed by atoms with van der Waals surface area (Å²) in [7, 11) is 0. The molecule has 0 spiro atoms. The van der Waals surface area contributed by atoms with Crippen LogP contribution in [-0.2, 0) is 0 Å². The van der Waals surface area contributed by atoms with E-state index in [1.807, 2.05) is 6.92 Å². The second-order valence-electron chi connectivity index (χ2n) is 4.28. The molecular formula is C12H16N6. The molecule has 2 rings (SSSR count). The maximum absolute atomic E-state index is 5.53. The van der Waals surface area contributed by atoms with E-state index >= 15 is 0 Å². The Labute approximate surface area is 106 Å². The van der Waals surface area contributed by atoms with Crippen molar-refractivity contribution in [1.29, 1.82) is 0 Å². The zero-order valence-electron chi connectivity index (χ0n) is 10.7. The number of hydrazine groups is 1. The van der Waals surface area contributed by atoms with E-state index in [2.05, 4.69) is 39.2 Å². The van der Waals surface area contributed by atoms with Gasteiger partial charge in [-0.25, -0.2) is 20.8 Å². The molecule has 18 heavy (non-hydrogen) atoms. The van der Waals surface area contributed by atoms with Crippen molar-refractivity contribution in [2.24, 2.45) is 5.84 Å². The first-order valence-electron chi connectivity index (χ1n) is 5.75. The molecule has 94 valence electrons. The van der Waals surface area contributed by atoms with E-state index < -0.39 is 0 Å². The van der Waals surface area contributed by atoms with Gasteiger partial charge in [-0.15, -0.1) is 0 Å². The van der Waals surface area contributed by atoms with Crippen LogP contribution in [0.1, 0.15) is 31.0 Å². The maximum atomic E-state index is 5.53. The van der Waals surface area contributed by atoms with E-state index in [0.29, 0.717) is 23.3 Å². The molecule has 3 N–H and O–H groups in total. The van der Waals surface area contributed by atoms with Crippen LogP contribution in [0.25, 0.3) is 11.5 Å². The number of rotatable bonds is 3. The number of hydrogen-bond acceptors (Lipinski definition) is 6. The third-order valence-corrected chi connectivity index (χ3v) is 2.64.